The average Bonchev–Trinajstić information content (AvgIpc) is 2.42. The molecule has 1 aliphatic carbocycles. The minimum atomic E-state index is -0.458. The number of amides is 2. The molecule has 19 heavy (non-hydrogen) atoms. The van der Waals surface area contributed by atoms with Crippen molar-refractivity contribution in [3.8, 4) is 6.07 Å². The molecule has 1 saturated carbocycles. The highest BCUT2D eigenvalue weighted by molar-refractivity contribution is 5.89. The molecule has 0 radical (unpaired) electrons. The van der Waals surface area contributed by atoms with Gasteiger partial charge in [0, 0.05) is 5.69 Å². The number of benzene rings is 1. The van der Waals surface area contributed by atoms with Gasteiger partial charge in [0.05, 0.1) is 23.8 Å². The predicted octanol–water partition coefficient (Wildman–Crippen LogP) is 1.98. The zero-order valence-corrected chi connectivity index (χ0v) is 10.6. The molecule has 5 nitrogen and oxygen atoms in total. The number of hydrogen-bond acceptors (Lipinski definition) is 3. The van der Waals surface area contributed by atoms with Gasteiger partial charge in [-0.1, -0.05) is 12.8 Å². The van der Waals surface area contributed by atoms with Crippen molar-refractivity contribution in [2.75, 3.05) is 5.32 Å². The fourth-order valence-electron chi connectivity index (χ4n) is 2.24. The van der Waals surface area contributed by atoms with Gasteiger partial charge in [0.2, 0.25) is 0 Å². The summed E-state index contributed by atoms with van der Waals surface area (Å²) in [5, 5.41) is 23.9. The van der Waals surface area contributed by atoms with Crippen LogP contribution in [0.25, 0.3) is 0 Å². The molecule has 1 fully saturated rings. The Kier molecular flexibility index (Phi) is 4.37. The molecule has 100 valence electrons. The molecule has 0 bridgehead atoms. The summed E-state index contributed by atoms with van der Waals surface area (Å²) < 4.78 is 0. The number of nitrogens with one attached hydrogen (secondary N) is 2. The first-order chi connectivity index (χ1) is 9.19. The first-order valence-corrected chi connectivity index (χ1v) is 6.45. The maximum atomic E-state index is 11.8. The lowest BCUT2D eigenvalue weighted by molar-refractivity contribution is 0.0955. The van der Waals surface area contributed by atoms with Crippen LogP contribution in [-0.2, 0) is 0 Å². The van der Waals surface area contributed by atoms with Crippen LogP contribution in [0.1, 0.15) is 31.2 Å². The largest absolute Gasteiger partial charge is 0.391 e. The van der Waals surface area contributed by atoms with Crippen LogP contribution < -0.4 is 10.6 Å². The summed E-state index contributed by atoms with van der Waals surface area (Å²) in [6.07, 6.45) is 3.12. The molecule has 2 rings (SSSR count). The molecular weight excluding hydrogens is 242 g/mol. The first kappa shape index (κ1) is 13.4. The fourth-order valence-corrected chi connectivity index (χ4v) is 2.24. The molecule has 1 aromatic carbocycles. The van der Waals surface area contributed by atoms with Crippen molar-refractivity contribution < 1.29 is 9.90 Å². The number of nitrogens with zero attached hydrogens (tertiary/aromatic N) is 1. The van der Waals surface area contributed by atoms with E-state index in [9.17, 15) is 9.90 Å². The van der Waals surface area contributed by atoms with Crippen molar-refractivity contribution in [2.45, 2.75) is 37.8 Å². The van der Waals surface area contributed by atoms with Crippen LogP contribution in [0.15, 0.2) is 24.3 Å². The van der Waals surface area contributed by atoms with E-state index in [1.165, 1.54) is 0 Å². The van der Waals surface area contributed by atoms with Crippen LogP contribution in [0, 0.1) is 11.3 Å². The maximum absolute atomic E-state index is 11.8. The summed E-state index contributed by atoms with van der Waals surface area (Å²) >= 11 is 0. The van der Waals surface area contributed by atoms with Crippen molar-refractivity contribution >= 4 is 11.7 Å². The lowest BCUT2D eigenvalue weighted by Crippen LogP contribution is -2.46. The minimum Gasteiger partial charge on any atom is -0.391 e. The van der Waals surface area contributed by atoms with Crippen LogP contribution in [0.5, 0.6) is 0 Å². The maximum Gasteiger partial charge on any atom is 0.319 e. The van der Waals surface area contributed by atoms with E-state index in [0.717, 1.165) is 25.7 Å². The van der Waals surface area contributed by atoms with Gasteiger partial charge in [0.25, 0.3) is 0 Å². The number of carbonyl (C=O) groups is 1. The van der Waals surface area contributed by atoms with E-state index < -0.39 is 6.10 Å². The molecule has 0 heterocycles. The molecule has 0 spiro atoms. The molecule has 1 aromatic rings. The number of aliphatic hydroxyl groups excluding tert-OH is 1. The summed E-state index contributed by atoms with van der Waals surface area (Å²) in [5.74, 6) is 0. The molecule has 0 aromatic heterocycles. The SMILES string of the molecule is N#Cc1ccc(NC(=O)N[C@H]2CCCC[C@@H]2O)cc1. The summed E-state index contributed by atoms with van der Waals surface area (Å²) in [6.45, 7) is 0. The fraction of sp³-hybridized carbons (Fsp3) is 0.429. The number of rotatable bonds is 2. The Labute approximate surface area is 112 Å². The Morgan fingerprint density at radius 1 is 1.26 bits per heavy atom. The highest BCUT2D eigenvalue weighted by Crippen LogP contribution is 2.18. The van der Waals surface area contributed by atoms with Crippen molar-refractivity contribution in [3.63, 3.8) is 0 Å². The van der Waals surface area contributed by atoms with Crippen LogP contribution in [-0.4, -0.2) is 23.3 Å². The van der Waals surface area contributed by atoms with Crippen molar-refractivity contribution in [3.05, 3.63) is 29.8 Å². The quantitative estimate of drug-likeness (QED) is 0.759. The standard InChI is InChI=1S/C14H17N3O2/c15-9-10-5-7-11(8-6-10)16-14(19)17-12-3-1-2-4-13(12)18/h5-8,12-13,18H,1-4H2,(H2,16,17,19)/t12-,13-/m0/s1. The summed E-state index contributed by atoms with van der Waals surface area (Å²) in [4.78, 5) is 11.8. The zero-order valence-electron chi connectivity index (χ0n) is 10.6. The van der Waals surface area contributed by atoms with E-state index in [1.807, 2.05) is 6.07 Å². The Bertz CT molecular complexity index is 478. The molecule has 5 heteroatoms. The van der Waals surface area contributed by atoms with Crippen LogP contribution in [0.2, 0.25) is 0 Å². The van der Waals surface area contributed by atoms with E-state index in [2.05, 4.69) is 10.6 Å². The number of nitriles is 1. The van der Waals surface area contributed by atoms with Crippen molar-refractivity contribution in [1.82, 2.24) is 5.32 Å². The lowest BCUT2D eigenvalue weighted by Gasteiger charge is -2.28. The van der Waals surface area contributed by atoms with Crippen LogP contribution in [0.4, 0.5) is 10.5 Å². The van der Waals surface area contributed by atoms with Gasteiger partial charge in [-0.2, -0.15) is 5.26 Å². The van der Waals surface area contributed by atoms with Gasteiger partial charge in [-0.05, 0) is 37.1 Å². The number of anilines is 1. The smallest absolute Gasteiger partial charge is 0.319 e. The molecular formula is C14H17N3O2. The zero-order chi connectivity index (χ0) is 13.7. The Balaban J connectivity index is 1.88. The van der Waals surface area contributed by atoms with Gasteiger partial charge in [0.15, 0.2) is 0 Å². The van der Waals surface area contributed by atoms with E-state index in [4.69, 9.17) is 5.26 Å². The number of carbonyl (C=O) groups excluding carboxylic acids is 1. The van der Waals surface area contributed by atoms with Gasteiger partial charge in [-0.25, -0.2) is 4.79 Å². The Morgan fingerprint density at radius 2 is 1.95 bits per heavy atom. The van der Waals surface area contributed by atoms with Crippen LogP contribution >= 0.6 is 0 Å². The van der Waals surface area contributed by atoms with Gasteiger partial charge in [-0.3, -0.25) is 0 Å². The summed E-state index contributed by atoms with van der Waals surface area (Å²) in [5.41, 5.74) is 1.18. The topological polar surface area (TPSA) is 85.2 Å². The number of aliphatic hydroxyl groups is 1. The van der Waals surface area contributed by atoms with Gasteiger partial charge in [0.1, 0.15) is 0 Å². The number of urea groups is 1. The minimum absolute atomic E-state index is 0.174. The van der Waals surface area contributed by atoms with Crippen molar-refractivity contribution in [1.29, 1.82) is 5.26 Å². The summed E-state index contributed by atoms with van der Waals surface area (Å²) in [7, 11) is 0. The first-order valence-electron chi connectivity index (χ1n) is 6.45. The Hall–Kier alpha value is -2.06. The van der Waals surface area contributed by atoms with E-state index in [0.29, 0.717) is 11.3 Å². The van der Waals surface area contributed by atoms with Gasteiger partial charge >= 0.3 is 6.03 Å². The predicted molar refractivity (Wildman–Crippen MR) is 71.6 cm³/mol. The van der Waals surface area contributed by atoms with Gasteiger partial charge < -0.3 is 15.7 Å². The molecule has 2 atom stereocenters. The third-order valence-electron chi connectivity index (χ3n) is 3.32. The highest BCUT2D eigenvalue weighted by atomic mass is 16.3. The third-order valence-corrected chi connectivity index (χ3v) is 3.32. The van der Waals surface area contributed by atoms with Crippen molar-refractivity contribution in [2.24, 2.45) is 0 Å². The van der Waals surface area contributed by atoms with E-state index in [-0.39, 0.29) is 12.1 Å². The molecule has 3 N–H and O–H groups in total. The second-order valence-corrected chi connectivity index (χ2v) is 4.75. The lowest BCUT2D eigenvalue weighted by atomic mass is 9.93. The monoisotopic (exact) mass is 259 g/mol. The third kappa shape index (κ3) is 3.70. The normalized spacial score (nSPS) is 22.3. The molecule has 0 unspecified atom stereocenters. The second kappa shape index (κ2) is 6.21. The molecule has 0 saturated heterocycles. The highest BCUT2D eigenvalue weighted by Gasteiger charge is 2.24. The van der Waals surface area contributed by atoms with E-state index >= 15 is 0 Å². The summed E-state index contributed by atoms with van der Waals surface area (Å²) in [6, 6.07) is 8.16. The molecule has 0 aliphatic heterocycles. The van der Waals surface area contributed by atoms with Crippen LogP contribution in [0.3, 0.4) is 0 Å². The van der Waals surface area contributed by atoms with Gasteiger partial charge in [-0.15, -0.1) is 0 Å². The van der Waals surface area contributed by atoms with E-state index in [1.54, 1.807) is 24.3 Å². The molecule has 1 aliphatic rings. The molecule has 2 amide bonds. The average molecular weight is 259 g/mol. The Morgan fingerprint density at radius 3 is 2.58 bits per heavy atom. The number of hydrogen-bond donors (Lipinski definition) is 3. The second-order valence-electron chi connectivity index (χ2n) is 4.75.